The second-order valence-corrected chi connectivity index (χ2v) is 5.13. The van der Waals surface area contributed by atoms with E-state index < -0.39 is 0 Å². The van der Waals surface area contributed by atoms with Gasteiger partial charge >= 0.3 is 0 Å². The molecule has 0 aromatic heterocycles. The average Bonchev–Trinajstić information content (AvgIpc) is 2.41. The molecule has 1 aliphatic heterocycles. The van der Waals surface area contributed by atoms with Crippen molar-refractivity contribution in [3.05, 3.63) is 0 Å². The Hall–Kier alpha value is -0.610. The SMILES string of the molecule is CCCCC(CC)C(=O)NCCN1CCNCC1. The molecule has 1 saturated heterocycles. The minimum absolute atomic E-state index is 0.216. The lowest BCUT2D eigenvalue weighted by atomic mass is 9.98. The molecule has 0 aromatic carbocycles. The summed E-state index contributed by atoms with van der Waals surface area (Å²) < 4.78 is 0. The number of rotatable bonds is 8. The van der Waals surface area contributed by atoms with E-state index in [2.05, 4.69) is 29.4 Å². The number of amides is 1. The molecule has 106 valence electrons. The monoisotopic (exact) mass is 255 g/mol. The molecule has 1 fully saturated rings. The van der Waals surface area contributed by atoms with Gasteiger partial charge in [-0.15, -0.1) is 0 Å². The quantitative estimate of drug-likeness (QED) is 0.685. The number of hydrogen-bond acceptors (Lipinski definition) is 3. The molecule has 0 bridgehead atoms. The number of hydrogen-bond donors (Lipinski definition) is 2. The van der Waals surface area contributed by atoms with Crippen LogP contribution >= 0.6 is 0 Å². The molecule has 1 aliphatic rings. The topological polar surface area (TPSA) is 44.4 Å². The second-order valence-electron chi connectivity index (χ2n) is 5.13. The number of nitrogens with one attached hydrogen (secondary N) is 2. The van der Waals surface area contributed by atoms with Crippen molar-refractivity contribution < 1.29 is 4.79 Å². The first-order valence-electron chi connectivity index (χ1n) is 7.48. The number of carbonyl (C=O) groups is 1. The smallest absolute Gasteiger partial charge is 0.223 e. The molecule has 0 aromatic rings. The third-order valence-corrected chi connectivity index (χ3v) is 3.71. The molecule has 4 heteroatoms. The van der Waals surface area contributed by atoms with E-state index in [1.165, 1.54) is 6.42 Å². The third-order valence-electron chi connectivity index (χ3n) is 3.71. The molecular weight excluding hydrogens is 226 g/mol. The van der Waals surface area contributed by atoms with Crippen molar-refractivity contribution in [2.24, 2.45) is 5.92 Å². The van der Waals surface area contributed by atoms with E-state index in [4.69, 9.17) is 0 Å². The maximum atomic E-state index is 12.0. The highest BCUT2D eigenvalue weighted by Gasteiger charge is 2.15. The lowest BCUT2D eigenvalue weighted by molar-refractivity contribution is -0.125. The Kier molecular flexibility index (Phi) is 8.01. The van der Waals surface area contributed by atoms with Gasteiger partial charge in [-0.3, -0.25) is 9.69 Å². The molecule has 0 aliphatic carbocycles. The van der Waals surface area contributed by atoms with Gasteiger partial charge in [-0.1, -0.05) is 26.7 Å². The molecule has 0 spiro atoms. The molecule has 0 saturated carbocycles. The fourth-order valence-corrected chi connectivity index (χ4v) is 2.39. The summed E-state index contributed by atoms with van der Waals surface area (Å²) in [5, 5.41) is 6.42. The predicted octanol–water partition coefficient (Wildman–Crippen LogP) is 1.22. The van der Waals surface area contributed by atoms with E-state index in [1.807, 2.05) is 0 Å². The molecule has 18 heavy (non-hydrogen) atoms. The van der Waals surface area contributed by atoms with Gasteiger partial charge in [-0.25, -0.2) is 0 Å². The van der Waals surface area contributed by atoms with Crippen LogP contribution in [0, 0.1) is 5.92 Å². The fraction of sp³-hybridized carbons (Fsp3) is 0.929. The summed E-state index contributed by atoms with van der Waals surface area (Å²) in [6.45, 7) is 10.4. The van der Waals surface area contributed by atoms with Crippen LogP contribution in [0.3, 0.4) is 0 Å². The number of nitrogens with zero attached hydrogens (tertiary/aromatic N) is 1. The maximum absolute atomic E-state index is 12.0. The fourth-order valence-electron chi connectivity index (χ4n) is 2.39. The summed E-state index contributed by atoms with van der Waals surface area (Å²) in [6, 6.07) is 0. The summed E-state index contributed by atoms with van der Waals surface area (Å²) in [5.74, 6) is 0.467. The normalized spacial score (nSPS) is 18.6. The lowest BCUT2D eigenvalue weighted by Gasteiger charge is -2.27. The zero-order chi connectivity index (χ0) is 13.2. The van der Waals surface area contributed by atoms with Gasteiger partial charge in [-0.05, 0) is 12.8 Å². The van der Waals surface area contributed by atoms with Crippen LogP contribution in [-0.2, 0) is 4.79 Å². The van der Waals surface area contributed by atoms with Crippen LogP contribution in [0.5, 0.6) is 0 Å². The molecule has 1 heterocycles. The van der Waals surface area contributed by atoms with E-state index in [-0.39, 0.29) is 11.8 Å². The lowest BCUT2D eigenvalue weighted by Crippen LogP contribution is -2.46. The number of unbranched alkanes of at least 4 members (excludes halogenated alkanes) is 1. The molecule has 1 atom stereocenters. The van der Waals surface area contributed by atoms with Crippen molar-refractivity contribution in [3.8, 4) is 0 Å². The summed E-state index contributed by atoms with van der Waals surface area (Å²) in [4.78, 5) is 14.4. The van der Waals surface area contributed by atoms with Crippen molar-refractivity contribution in [1.82, 2.24) is 15.5 Å². The van der Waals surface area contributed by atoms with E-state index >= 15 is 0 Å². The van der Waals surface area contributed by atoms with Crippen molar-refractivity contribution >= 4 is 5.91 Å². The van der Waals surface area contributed by atoms with Crippen LogP contribution in [0.2, 0.25) is 0 Å². The Morgan fingerprint density at radius 1 is 1.33 bits per heavy atom. The van der Waals surface area contributed by atoms with Crippen LogP contribution < -0.4 is 10.6 Å². The Morgan fingerprint density at radius 3 is 2.67 bits per heavy atom. The first-order chi connectivity index (χ1) is 8.77. The van der Waals surface area contributed by atoms with Gasteiger partial charge in [0.2, 0.25) is 5.91 Å². The van der Waals surface area contributed by atoms with E-state index in [0.717, 1.165) is 58.5 Å². The summed E-state index contributed by atoms with van der Waals surface area (Å²) >= 11 is 0. The minimum atomic E-state index is 0.216. The Bertz CT molecular complexity index is 227. The third kappa shape index (κ3) is 5.83. The zero-order valence-corrected chi connectivity index (χ0v) is 12.0. The summed E-state index contributed by atoms with van der Waals surface area (Å²) in [7, 11) is 0. The van der Waals surface area contributed by atoms with E-state index in [1.54, 1.807) is 0 Å². The van der Waals surface area contributed by atoms with Crippen LogP contribution in [0.4, 0.5) is 0 Å². The van der Waals surface area contributed by atoms with Crippen molar-refractivity contribution in [1.29, 1.82) is 0 Å². The van der Waals surface area contributed by atoms with Crippen molar-refractivity contribution in [2.75, 3.05) is 39.3 Å². The van der Waals surface area contributed by atoms with Gasteiger partial charge < -0.3 is 10.6 Å². The molecule has 0 radical (unpaired) electrons. The summed E-state index contributed by atoms with van der Waals surface area (Å²) in [6.07, 6.45) is 4.32. The highest BCUT2D eigenvalue weighted by Crippen LogP contribution is 2.12. The molecule has 1 unspecified atom stereocenters. The minimum Gasteiger partial charge on any atom is -0.355 e. The average molecular weight is 255 g/mol. The number of carbonyl (C=O) groups excluding carboxylic acids is 1. The van der Waals surface area contributed by atoms with E-state index in [0.29, 0.717) is 0 Å². The molecular formula is C14H29N3O. The summed E-state index contributed by atoms with van der Waals surface area (Å²) in [5.41, 5.74) is 0. The Morgan fingerprint density at radius 2 is 2.06 bits per heavy atom. The Labute approximate surface area is 111 Å². The van der Waals surface area contributed by atoms with Gasteiger partial charge in [0.25, 0.3) is 0 Å². The van der Waals surface area contributed by atoms with Gasteiger partial charge in [0.1, 0.15) is 0 Å². The van der Waals surface area contributed by atoms with Gasteiger partial charge in [-0.2, -0.15) is 0 Å². The van der Waals surface area contributed by atoms with Gasteiger partial charge in [0, 0.05) is 45.2 Å². The van der Waals surface area contributed by atoms with Crippen molar-refractivity contribution in [2.45, 2.75) is 39.5 Å². The maximum Gasteiger partial charge on any atom is 0.223 e. The largest absolute Gasteiger partial charge is 0.355 e. The van der Waals surface area contributed by atoms with Gasteiger partial charge in [0.05, 0.1) is 0 Å². The zero-order valence-electron chi connectivity index (χ0n) is 12.0. The second kappa shape index (κ2) is 9.34. The van der Waals surface area contributed by atoms with E-state index in [9.17, 15) is 4.79 Å². The molecule has 4 nitrogen and oxygen atoms in total. The standard InChI is InChI=1S/C14H29N3O/c1-3-5-6-13(4-2)14(18)16-9-12-17-10-7-15-8-11-17/h13,15H,3-12H2,1-2H3,(H,16,18). The molecule has 1 rings (SSSR count). The van der Waals surface area contributed by atoms with Crippen LogP contribution in [-0.4, -0.2) is 50.1 Å². The molecule has 1 amide bonds. The van der Waals surface area contributed by atoms with Crippen LogP contribution in [0.15, 0.2) is 0 Å². The van der Waals surface area contributed by atoms with Crippen LogP contribution in [0.25, 0.3) is 0 Å². The Balaban J connectivity index is 2.13. The first kappa shape index (κ1) is 15.4. The number of piperazine rings is 1. The predicted molar refractivity (Wildman–Crippen MR) is 75.6 cm³/mol. The first-order valence-corrected chi connectivity index (χ1v) is 7.48. The molecule has 2 N–H and O–H groups in total. The highest BCUT2D eigenvalue weighted by molar-refractivity contribution is 5.78. The van der Waals surface area contributed by atoms with Gasteiger partial charge in [0.15, 0.2) is 0 Å². The van der Waals surface area contributed by atoms with Crippen molar-refractivity contribution in [3.63, 3.8) is 0 Å². The highest BCUT2D eigenvalue weighted by atomic mass is 16.1. The van der Waals surface area contributed by atoms with Crippen LogP contribution in [0.1, 0.15) is 39.5 Å².